The predicted octanol–water partition coefficient (Wildman–Crippen LogP) is 3.19. The van der Waals surface area contributed by atoms with E-state index in [2.05, 4.69) is 39.6 Å². The first-order chi connectivity index (χ1) is 8.86. The van der Waals surface area contributed by atoms with Gasteiger partial charge in [-0.05, 0) is 36.9 Å². The summed E-state index contributed by atoms with van der Waals surface area (Å²) in [5, 5.41) is 7.02. The van der Waals surface area contributed by atoms with Crippen LogP contribution in [-0.4, -0.2) is 35.6 Å². The molecule has 3 rings (SSSR count). The van der Waals surface area contributed by atoms with Gasteiger partial charge in [0.1, 0.15) is 5.82 Å². The molecule has 2 aromatic rings. The van der Waals surface area contributed by atoms with Gasteiger partial charge in [0.25, 0.3) is 0 Å². The van der Waals surface area contributed by atoms with E-state index in [0.717, 1.165) is 5.82 Å². The lowest BCUT2D eigenvalue weighted by molar-refractivity contribution is 0.229. The summed E-state index contributed by atoms with van der Waals surface area (Å²) in [6.45, 7) is 5.81. The molecular formula is C14H19N3S. The summed E-state index contributed by atoms with van der Waals surface area (Å²) in [4.78, 5) is 7.01. The fraction of sp³-hybridized carbons (Fsp3) is 0.500. The quantitative estimate of drug-likeness (QED) is 0.919. The molecule has 0 saturated carbocycles. The Morgan fingerprint density at radius 2 is 2.22 bits per heavy atom. The first-order valence-electron chi connectivity index (χ1n) is 6.68. The number of aromatic nitrogens is 1. The van der Waals surface area contributed by atoms with Gasteiger partial charge >= 0.3 is 0 Å². The van der Waals surface area contributed by atoms with Crippen molar-refractivity contribution in [3.8, 4) is 0 Å². The Labute approximate surface area is 112 Å². The van der Waals surface area contributed by atoms with E-state index in [1.54, 1.807) is 11.3 Å². The summed E-state index contributed by atoms with van der Waals surface area (Å²) < 4.78 is 1.32. The normalized spacial score (nSPS) is 18.3. The molecule has 0 spiro atoms. The summed E-state index contributed by atoms with van der Waals surface area (Å²) in [6, 6.07) is 4.83. The van der Waals surface area contributed by atoms with Crippen molar-refractivity contribution in [2.24, 2.45) is 0 Å². The second-order valence-corrected chi connectivity index (χ2v) is 5.79. The van der Waals surface area contributed by atoms with Crippen LogP contribution in [0.4, 0.5) is 5.82 Å². The Kier molecular flexibility index (Phi) is 3.48. The zero-order chi connectivity index (χ0) is 12.4. The van der Waals surface area contributed by atoms with Crippen LogP contribution in [0.15, 0.2) is 23.7 Å². The van der Waals surface area contributed by atoms with Gasteiger partial charge in [-0.25, -0.2) is 4.98 Å². The largest absolute Gasteiger partial charge is 0.367 e. The number of likely N-dealkylation sites (tertiary alicyclic amines) is 1. The van der Waals surface area contributed by atoms with Gasteiger partial charge in [0.2, 0.25) is 0 Å². The van der Waals surface area contributed by atoms with E-state index in [0.29, 0.717) is 6.04 Å². The molecule has 0 unspecified atom stereocenters. The van der Waals surface area contributed by atoms with Crippen molar-refractivity contribution in [1.82, 2.24) is 9.88 Å². The number of nitrogens with one attached hydrogen (secondary N) is 1. The molecule has 1 saturated heterocycles. The molecule has 18 heavy (non-hydrogen) atoms. The molecule has 2 aromatic heterocycles. The van der Waals surface area contributed by atoms with E-state index in [9.17, 15) is 0 Å². The minimum absolute atomic E-state index is 0.575. The van der Waals surface area contributed by atoms with E-state index >= 15 is 0 Å². The molecule has 0 radical (unpaired) electrons. The smallest absolute Gasteiger partial charge is 0.134 e. The molecular weight excluding hydrogens is 242 g/mol. The van der Waals surface area contributed by atoms with Gasteiger partial charge in [-0.1, -0.05) is 6.92 Å². The highest BCUT2D eigenvalue weighted by molar-refractivity contribution is 7.17. The SMILES string of the molecule is CCN1CCC(Nc2nccc3sccc23)CC1. The van der Waals surface area contributed by atoms with Gasteiger partial charge in [-0.3, -0.25) is 0 Å². The van der Waals surface area contributed by atoms with Crippen LogP contribution < -0.4 is 5.32 Å². The third-order valence-corrected chi connectivity index (χ3v) is 4.64. The summed E-state index contributed by atoms with van der Waals surface area (Å²) in [6.07, 6.45) is 4.34. The summed E-state index contributed by atoms with van der Waals surface area (Å²) in [5.74, 6) is 1.06. The van der Waals surface area contributed by atoms with E-state index < -0.39 is 0 Å². The second-order valence-electron chi connectivity index (χ2n) is 4.84. The number of piperidine rings is 1. The first-order valence-corrected chi connectivity index (χ1v) is 7.56. The Bertz CT molecular complexity index is 514. The number of anilines is 1. The highest BCUT2D eigenvalue weighted by Gasteiger charge is 2.18. The molecule has 1 fully saturated rings. The van der Waals surface area contributed by atoms with Crippen LogP contribution in [0.5, 0.6) is 0 Å². The van der Waals surface area contributed by atoms with Crippen LogP contribution in [0, 0.1) is 0 Å². The van der Waals surface area contributed by atoms with Crippen molar-refractivity contribution in [3.05, 3.63) is 23.7 Å². The number of hydrogen-bond acceptors (Lipinski definition) is 4. The van der Waals surface area contributed by atoms with Gasteiger partial charge in [-0.15, -0.1) is 11.3 Å². The summed E-state index contributed by atoms with van der Waals surface area (Å²) in [5.41, 5.74) is 0. The van der Waals surface area contributed by atoms with E-state index in [1.165, 1.54) is 42.6 Å². The standard InChI is InChI=1S/C14H19N3S/c1-2-17-8-4-11(5-9-17)16-14-12-6-10-18-13(12)3-7-15-14/h3,6-7,10-11H,2,4-5,8-9H2,1H3,(H,15,16). The Balaban J connectivity index is 1.71. The average Bonchev–Trinajstić information content (AvgIpc) is 2.89. The number of rotatable bonds is 3. The van der Waals surface area contributed by atoms with Crippen LogP contribution in [0.3, 0.4) is 0 Å². The first kappa shape index (κ1) is 11.9. The number of fused-ring (bicyclic) bond motifs is 1. The molecule has 96 valence electrons. The van der Waals surface area contributed by atoms with Crippen molar-refractivity contribution in [2.45, 2.75) is 25.8 Å². The van der Waals surface area contributed by atoms with Crippen molar-refractivity contribution >= 4 is 27.2 Å². The Hall–Kier alpha value is -1.13. The summed E-state index contributed by atoms with van der Waals surface area (Å²) >= 11 is 1.78. The fourth-order valence-electron chi connectivity index (χ4n) is 2.60. The molecule has 1 aliphatic heterocycles. The van der Waals surface area contributed by atoms with Crippen molar-refractivity contribution < 1.29 is 0 Å². The molecule has 0 bridgehead atoms. The molecule has 4 heteroatoms. The van der Waals surface area contributed by atoms with Gasteiger partial charge in [-0.2, -0.15) is 0 Å². The predicted molar refractivity (Wildman–Crippen MR) is 78.4 cm³/mol. The fourth-order valence-corrected chi connectivity index (χ4v) is 3.38. The van der Waals surface area contributed by atoms with Gasteiger partial charge < -0.3 is 10.2 Å². The number of pyridine rings is 1. The van der Waals surface area contributed by atoms with E-state index in [1.807, 2.05) is 6.20 Å². The maximum absolute atomic E-state index is 4.49. The molecule has 0 amide bonds. The molecule has 1 aliphatic rings. The third kappa shape index (κ3) is 2.35. The minimum atomic E-state index is 0.575. The van der Waals surface area contributed by atoms with Crippen LogP contribution in [-0.2, 0) is 0 Å². The maximum atomic E-state index is 4.49. The van der Waals surface area contributed by atoms with Crippen molar-refractivity contribution in [3.63, 3.8) is 0 Å². The monoisotopic (exact) mass is 261 g/mol. The number of hydrogen-bond donors (Lipinski definition) is 1. The molecule has 3 heterocycles. The van der Waals surface area contributed by atoms with Gasteiger partial charge in [0.15, 0.2) is 0 Å². The van der Waals surface area contributed by atoms with Crippen LogP contribution in [0.2, 0.25) is 0 Å². The van der Waals surface area contributed by atoms with Crippen LogP contribution in [0.25, 0.3) is 10.1 Å². The lowest BCUT2D eigenvalue weighted by Gasteiger charge is -2.31. The van der Waals surface area contributed by atoms with Gasteiger partial charge in [0, 0.05) is 35.4 Å². The lowest BCUT2D eigenvalue weighted by atomic mass is 10.1. The third-order valence-electron chi connectivity index (χ3n) is 3.76. The molecule has 0 aromatic carbocycles. The van der Waals surface area contributed by atoms with Gasteiger partial charge in [0.05, 0.1) is 0 Å². The maximum Gasteiger partial charge on any atom is 0.134 e. The van der Waals surface area contributed by atoms with Crippen molar-refractivity contribution in [1.29, 1.82) is 0 Å². The van der Waals surface area contributed by atoms with Crippen molar-refractivity contribution in [2.75, 3.05) is 25.0 Å². The Morgan fingerprint density at radius 1 is 1.39 bits per heavy atom. The molecule has 0 aliphatic carbocycles. The second kappa shape index (κ2) is 5.24. The molecule has 3 nitrogen and oxygen atoms in total. The van der Waals surface area contributed by atoms with E-state index in [4.69, 9.17) is 0 Å². The Morgan fingerprint density at radius 3 is 3.00 bits per heavy atom. The van der Waals surface area contributed by atoms with E-state index in [-0.39, 0.29) is 0 Å². The average molecular weight is 261 g/mol. The minimum Gasteiger partial charge on any atom is -0.367 e. The zero-order valence-corrected chi connectivity index (χ0v) is 11.5. The molecule has 1 N–H and O–H groups in total. The number of thiophene rings is 1. The highest BCUT2D eigenvalue weighted by Crippen LogP contribution is 2.27. The van der Waals surface area contributed by atoms with Crippen LogP contribution in [0.1, 0.15) is 19.8 Å². The molecule has 0 atom stereocenters. The lowest BCUT2D eigenvalue weighted by Crippen LogP contribution is -2.39. The summed E-state index contributed by atoms with van der Waals surface area (Å²) in [7, 11) is 0. The zero-order valence-electron chi connectivity index (χ0n) is 10.7. The number of nitrogens with zero attached hydrogens (tertiary/aromatic N) is 2. The van der Waals surface area contributed by atoms with Crippen LogP contribution >= 0.6 is 11.3 Å². The highest BCUT2D eigenvalue weighted by atomic mass is 32.1. The topological polar surface area (TPSA) is 28.2 Å².